The van der Waals surface area contributed by atoms with Gasteiger partial charge in [0.25, 0.3) is 0 Å². The predicted octanol–water partition coefficient (Wildman–Crippen LogP) is 13.4. The Labute approximate surface area is 288 Å². The molecule has 0 atom stereocenters. The monoisotopic (exact) mass is 627 g/mol. The molecule has 8 aromatic carbocycles. The van der Waals surface area contributed by atoms with Gasteiger partial charge < -0.3 is 4.90 Å². The lowest BCUT2D eigenvalue weighted by Gasteiger charge is -2.31. The topological polar surface area (TPSA) is 3.24 Å². The van der Waals surface area contributed by atoms with Crippen molar-refractivity contribution in [3.05, 3.63) is 187 Å². The summed E-state index contributed by atoms with van der Waals surface area (Å²) in [4.78, 5) is 2.51. The molecule has 1 heteroatoms. The summed E-state index contributed by atoms with van der Waals surface area (Å²) < 4.78 is 0. The molecule has 0 heterocycles. The van der Waals surface area contributed by atoms with Crippen LogP contribution >= 0.6 is 0 Å². The third kappa shape index (κ3) is 4.69. The minimum Gasteiger partial charge on any atom is -0.309 e. The van der Waals surface area contributed by atoms with Gasteiger partial charge in [0.15, 0.2) is 0 Å². The van der Waals surface area contributed by atoms with Crippen LogP contribution < -0.4 is 4.90 Å². The second-order valence-electron chi connectivity index (χ2n) is 13.8. The molecule has 0 amide bonds. The van der Waals surface area contributed by atoms with E-state index in [4.69, 9.17) is 0 Å². The van der Waals surface area contributed by atoms with Gasteiger partial charge in [0, 0.05) is 22.1 Å². The van der Waals surface area contributed by atoms with E-state index >= 15 is 0 Å². The van der Waals surface area contributed by atoms with Crippen molar-refractivity contribution in [3.63, 3.8) is 0 Å². The minimum atomic E-state index is -0.169. The van der Waals surface area contributed by atoms with Gasteiger partial charge in [0.2, 0.25) is 0 Å². The summed E-state index contributed by atoms with van der Waals surface area (Å²) in [5, 5.41) is 4.91. The summed E-state index contributed by atoms with van der Waals surface area (Å²) >= 11 is 0. The number of hydrogen-bond acceptors (Lipinski definition) is 1. The Morgan fingerprint density at radius 3 is 1.90 bits per heavy atom. The van der Waals surface area contributed by atoms with Crippen molar-refractivity contribution in [3.8, 4) is 33.4 Å². The highest BCUT2D eigenvalue weighted by atomic mass is 15.1. The smallest absolute Gasteiger partial charge is 0.0546 e. The van der Waals surface area contributed by atoms with Crippen LogP contribution in [0.2, 0.25) is 0 Å². The molecule has 0 radical (unpaired) electrons. The van der Waals surface area contributed by atoms with E-state index in [9.17, 15) is 0 Å². The van der Waals surface area contributed by atoms with Crippen LogP contribution in [-0.2, 0) is 5.41 Å². The van der Waals surface area contributed by atoms with E-state index in [-0.39, 0.29) is 5.41 Å². The summed E-state index contributed by atoms with van der Waals surface area (Å²) in [6, 6.07) is 62.5. The number of benzene rings is 8. The van der Waals surface area contributed by atoms with Crippen molar-refractivity contribution in [2.75, 3.05) is 4.90 Å². The van der Waals surface area contributed by atoms with Crippen molar-refractivity contribution in [2.45, 2.75) is 26.2 Å². The van der Waals surface area contributed by atoms with Crippen LogP contribution in [0.5, 0.6) is 0 Å². The summed E-state index contributed by atoms with van der Waals surface area (Å²) in [5.41, 5.74) is 15.0. The van der Waals surface area contributed by atoms with E-state index in [1.54, 1.807) is 0 Å². The van der Waals surface area contributed by atoms with E-state index in [1.807, 2.05) is 0 Å². The Hall–Kier alpha value is -5.92. The molecule has 0 saturated carbocycles. The standard InChI is InChI=1S/C48H37N/c1-32-15-7-11-22-38(32)42-29-35-19-8-9-20-36(35)30-46(42)49(45-26-13-21-33-18-10-12-23-39(33)45)37-27-28-41-44(31-37)48(2,3)43-25-14-24-40(47(41)43)34-16-5-4-6-17-34/h4-31H,1-3H3. The van der Waals surface area contributed by atoms with E-state index in [1.165, 1.54) is 83.0 Å². The fraction of sp³-hybridized carbons (Fsp3) is 0.0833. The second-order valence-corrected chi connectivity index (χ2v) is 13.8. The number of fused-ring (bicyclic) bond motifs is 5. The maximum Gasteiger partial charge on any atom is 0.0546 e. The Morgan fingerprint density at radius 1 is 0.429 bits per heavy atom. The van der Waals surface area contributed by atoms with Gasteiger partial charge in [-0.15, -0.1) is 0 Å². The SMILES string of the molecule is Cc1ccccc1-c1cc2ccccc2cc1N(c1ccc2c(c1)C(C)(C)c1cccc(-c3ccccc3)c1-2)c1cccc2ccccc12. The molecule has 234 valence electrons. The molecule has 1 aliphatic rings. The van der Waals surface area contributed by atoms with Crippen LogP contribution in [0.1, 0.15) is 30.5 Å². The number of aryl methyl sites for hydroxylation is 1. The van der Waals surface area contributed by atoms with Crippen molar-refractivity contribution in [1.82, 2.24) is 0 Å². The number of nitrogens with zero attached hydrogens (tertiary/aromatic N) is 1. The number of rotatable bonds is 5. The highest BCUT2D eigenvalue weighted by molar-refractivity contribution is 6.05. The molecule has 0 spiro atoms. The molecule has 0 saturated heterocycles. The first-order valence-corrected chi connectivity index (χ1v) is 17.2. The van der Waals surface area contributed by atoms with Gasteiger partial charge in [-0.25, -0.2) is 0 Å². The third-order valence-electron chi connectivity index (χ3n) is 10.6. The van der Waals surface area contributed by atoms with Crippen molar-refractivity contribution < 1.29 is 0 Å². The van der Waals surface area contributed by atoms with Crippen molar-refractivity contribution >= 4 is 38.6 Å². The van der Waals surface area contributed by atoms with Gasteiger partial charge >= 0.3 is 0 Å². The average Bonchev–Trinajstić information content (AvgIpc) is 3.38. The molecule has 0 bridgehead atoms. The van der Waals surface area contributed by atoms with Gasteiger partial charge in [-0.3, -0.25) is 0 Å². The van der Waals surface area contributed by atoms with Crippen molar-refractivity contribution in [1.29, 1.82) is 0 Å². The van der Waals surface area contributed by atoms with Crippen LogP contribution in [-0.4, -0.2) is 0 Å². The lowest BCUT2D eigenvalue weighted by molar-refractivity contribution is 0.660. The molecule has 0 N–H and O–H groups in total. The first kappa shape index (κ1) is 29.2. The first-order chi connectivity index (χ1) is 24.0. The van der Waals surface area contributed by atoms with E-state index in [0.29, 0.717) is 0 Å². The first-order valence-electron chi connectivity index (χ1n) is 17.2. The largest absolute Gasteiger partial charge is 0.309 e. The summed E-state index contributed by atoms with van der Waals surface area (Å²) in [5.74, 6) is 0. The molecule has 1 nitrogen and oxygen atoms in total. The third-order valence-corrected chi connectivity index (χ3v) is 10.6. The molecule has 8 aromatic rings. The van der Waals surface area contributed by atoms with Crippen LogP contribution in [0.15, 0.2) is 170 Å². The van der Waals surface area contributed by atoms with Crippen LogP contribution in [0.25, 0.3) is 54.9 Å². The van der Waals surface area contributed by atoms with Gasteiger partial charge in [-0.1, -0.05) is 153 Å². The molecule has 0 aromatic heterocycles. The number of hydrogen-bond donors (Lipinski definition) is 0. The molecule has 49 heavy (non-hydrogen) atoms. The van der Waals surface area contributed by atoms with E-state index in [0.717, 1.165) is 5.69 Å². The predicted molar refractivity (Wildman–Crippen MR) is 209 cm³/mol. The molecule has 0 aliphatic heterocycles. The Kier molecular flexibility index (Phi) is 6.78. The highest BCUT2D eigenvalue weighted by Crippen LogP contribution is 2.54. The zero-order valence-corrected chi connectivity index (χ0v) is 28.1. The highest BCUT2D eigenvalue weighted by Gasteiger charge is 2.37. The molecule has 0 unspecified atom stereocenters. The van der Waals surface area contributed by atoms with Gasteiger partial charge in [0.05, 0.1) is 11.4 Å². The average molecular weight is 628 g/mol. The quantitative estimate of drug-likeness (QED) is 0.183. The maximum absolute atomic E-state index is 2.51. The molecular formula is C48H37N. The van der Waals surface area contributed by atoms with Crippen LogP contribution in [0.3, 0.4) is 0 Å². The summed E-state index contributed by atoms with van der Waals surface area (Å²) in [7, 11) is 0. The Morgan fingerprint density at radius 2 is 1.08 bits per heavy atom. The van der Waals surface area contributed by atoms with Crippen LogP contribution in [0.4, 0.5) is 17.1 Å². The van der Waals surface area contributed by atoms with Gasteiger partial charge in [-0.2, -0.15) is 0 Å². The fourth-order valence-electron chi connectivity index (χ4n) is 8.09. The fourth-order valence-corrected chi connectivity index (χ4v) is 8.09. The van der Waals surface area contributed by atoms with Gasteiger partial charge in [0.1, 0.15) is 0 Å². The van der Waals surface area contributed by atoms with Crippen LogP contribution in [0, 0.1) is 6.92 Å². The Bertz CT molecular complexity index is 2530. The Balaban J connectivity index is 1.34. The minimum absolute atomic E-state index is 0.169. The normalized spacial score (nSPS) is 13.0. The summed E-state index contributed by atoms with van der Waals surface area (Å²) in [6.07, 6.45) is 0. The van der Waals surface area contributed by atoms with E-state index < -0.39 is 0 Å². The molecule has 0 fully saturated rings. The van der Waals surface area contributed by atoms with E-state index in [2.05, 4.69) is 196 Å². The molecule has 9 rings (SSSR count). The zero-order chi connectivity index (χ0) is 33.1. The second kappa shape index (κ2) is 11.4. The lowest BCUT2D eigenvalue weighted by Crippen LogP contribution is -2.17. The molecule has 1 aliphatic carbocycles. The summed E-state index contributed by atoms with van der Waals surface area (Å²) in [6.45, 7) is 6.98. The van der Waals surface area contributed by atoms with Gasteiger partial charge in [-0.05, 0) is 97.9 Å². The maximum atomic E-state index is 2.51. The van der Waals surface area contributed by atoms with Crippen molar-refractivity contribution in [2.24, 2.45) is 0 Å². The zero-order valence-electron chi connectivity index (χ0n) is 28.1. The lowest BCUT2D eigenvalue weighted by atomic mass is 9.81. The number of anilines is 3. The molecular weight excluding hydrogens is 591 g/mol.